The molecule has 0 saturated carbocycles. The first-order valence-corrected chi connectivity index (χ1v) is 16.5. The van der Waals surface area contributed by atoms with Gasteiger partial charge in [0.1, 0.15) is 23.0 Å². The molecule has 232 valence electrons. The summed E-state index contributed by atoms with van der Waals surface area (Å²) < 4.78 is 13.3. The van der Waals surface area contributed by atoms with Crippen LogP contribution in [0.5, 0.6) is 23.0 Å². The molecule has 7 rings (SSSR count). The number of rotatable bonds is 3. The minimum Gasteiger partial charge on any atom is -0.458 e. The highest BCUT2D eigenvalue weighted by atomic mass is 16.5. The molecule has 0 N–H and O–H groups in total. The van der Waals surface area contributed by atoms with Crippen LogP contribution in [-0.2, 0) is 16.2 Å². The number of benzene rings is 5. The van der Waals surface area contributed by atoms with Crippen molar-refractivity contribution in [2.75, 3.05) is 4.90 Å². The topological polar surface area (TPSA) is 21.7 Å². The smallest absolute Gasteiger partial charge is 0.256 e. The second-order valence-electron chi connectivity index (χ2n) is 16.0. The Bertz CT molecular complexity index is 1940. The monoisotopic (exact) mass is 605 g/mol. The van der Waals surface area contributed by atoms with Gasteiger partial charge in [-0.3, -0.25) is 0 Å². The van der Waals surface area contributed by atoms with E-state index in [1.807, 2.05) is 30.3 Å². The van der Waals surface area contributed by atoms with Crippen LogP contribution in [0.2, 0.25) is 0 Å². The van der Waals surface area contributed by atoms with Crippen molar-refractivity contribution >= 4 is 40.2 Å². The molecule has 0 fully saturated rings. The Labute approximate surface area is 275 Å². The summed E-state index contributed by atoms with van der Waals surface area (Å²) in [5.41, 5.74) is 11.1. The number of fused-ring (bicyclic) bond motifs is 4. The molecule has 0 atom stereocenters. The summed E-state index contributed by atoms with van der Waals surface area (Å²) in [7, 11) is 0. The molecular formula is C42H44BNO2. The van der Waals surface area contributed by atoms with Crippen molar-refractivity contribution in [3.05, 3.63) is 120 Å². The van der Waals surface area contributed by atoms with Gasteiger partial charge in [-0.1, -0.05) is 117 Å². The zero-order valence-corrected chi connectivity index (χ0v) is 28.7. The lowest BCUT2D eigenvalue weighted by Gasteiger charge is -2.41. The SMILES string of the molecule is CC(C)(C)c1ccc(N2c3ccc(C(C)(C)C)cc3B3c4cc(C(C)(C)C)ccc4Oc4cc(Oc5ccccc5)cc2c43)cc1. The third-order valence-electron chi connectivity index (χ3n) is 9.45. The van der Waals surface area contributed by atoms with Crippen molar-refractivity contribution in [2.24, 2.45) is 0 Å². The third kappa shape index (κ3) is 5.28. The van der Waals surface area contributed by atoms with Gasteiger partial charge in [0, 0.05) is 29.2 Å². The number of ether oxygens (including phenoxy) is 2. The van der Waals surface area contributed by atoms with Gasteiger partial charge < -0.3 is 14.4 Å². The molecule has 0 saturated heterocycles. The highest BCUT2D eigenvalue weighted by molar-refractivity contribution is 6.99. The van der Waals surface area contributed by atoms with E-state index in [0.29, 0.717) is 0 Å². The Morgan fingerprint density at radius 3 is 1.74 bits per heavy atom. The lowest BCUT2D eigenvalue weighted by atomic mass is 9.34. The zero-order chi connectivity index (χ0) is 32.6. The molecule has 5 aromatic rings. The molecule has 46 heavy (non-hydrogen) atoms. The number of hydrogen-bond donors (Lipinski definition) is 0. The fourth-order valence-corrected chi connectivity index (χ4v) is 6.74. The molecule has 2 aliphatic heterocycles. The minimum atomic E-state index is 0.00591. The molecule has 0 aromatic heterocycles. The van der Waals surface area contributed by atoms with Crippen LogP contribution < -0.4 is 30.8 Å². The van der Waals surface area contributed by atoms with Crippen molar-refractivity contribution in [3.63, 3.8) is 0 Å². The van der Waals surface area contributed by atoms with Crippen LogP contribution in [0.4, 0.5) is 17.1 Å². The summed E-state index contributed by atoms with van der Waals surface area (Å²) >= 11 is 0. The van der Waals surface area contributed by atoms with E-state index in [-0.39, 0.29) is 23.0 Å². The molecule has 5 aromatic carbocycles. The molecular weight excluding hydrogens is 561 g/mol. The van der Waals surface area contributed by atoms with Crippen LogP contribution in [0.1, 0.15) is 79.0 Å². The molecule has 0 bridgehead atoms. The lowest BCUT2D eigenvalue weighted by molar-refractivity contribution is 0.462. The van der Waals surface area contributed by atoms with Gasteiger partial charge >= 0.3 is 0 Å². The summed E-state index contributed by atoms with van der Waals surface area (Å²) in [6, 6.07) is 37.1. The highest BCUT2D eigenvalue weighted by Crippen LogP contribution is 2.44. The average molecular weight is 606 g/mol. The first-order valence-electron chi connectivity index (χ1n) is 16.5. The third-order valence-corrected chi connectivity index (χ3v) is 9.45. The van der Waals surface area contributed by atoms with Crippen LogP contribution in [-0.4, -0.2) is 6.71 Å². The van der Waals surface area contributed by atoms with Gasteiger partial charge in [0.25, 0.3) is 6.71 Å². The number of hydrogen-bond acceptors (Lipinski definition) is 3. The molecule has 0 aliphatic carbocycles. The van der Waals surface area contributed by atoms with E-state index >= 15 is 0 Å². The molecule has 0 unspecified atom stereocenters. The maximum Gasteiger partial charge on any atom is 0.256 e. The van der Waals surface area contributed by atoms with Gasteiger partial charge in [-0.25, -0.2) is 0 Å². The summed E-state index contributed by atoms with van der Waals surface area (Å²) in [4.78, 5) is 2.41. The summed E-state index contributed by atoms with van der Waals surface area (Å²) in [5, 5.41) is 0. The number of para-hydroxylation sites is 1. The van der Waals surface area contributed by atoms with Gasteiger partial charge in [0.05, 0.1) is 0 Å². The summed E-state index contributed by atoms with van der Waals surface area (Å²) in [6.07, 6.45) is 0. The maximum atomic E-state index is 6.82. The van der Waals surface area contributed by atoms with E-state index in [1.165, 1.54) is 38.8 Å². The Morgan fingerprint density at radius 1 is 0.522 bits per heavy atom. The Morgan fingerprint density at radius 2 is 1.11 bits per heavy atom. The number of nitrogens with zero attached hydrogens (tertiary/aromatic N) is 1. The lowest BCUT2D eigenvalue weighted by Crippen LogP contribution is -2.59. The van der Waals surface area contributed by atoms with E-state index in [9.17, 15) is 0 Å². The highest BCUT2D eigenvalue weighted by Gasteiger charge is 2.43. The maximum absolute atomic E-state index is 6.82. The first kappa shape index (κ1) is 30.2. The largest absolute Gasteiger partial charge is 0.458 e. The average Bonchev–Trinajstić information content (AvgIpc) is 2.99. The molecule has 2 aliphatic rings. The standard InChI is InChI=1S/C42H44BNO2/c1-40(2,3)27-15-19-30(20-16-27)44-35-21-17-28(41(4,5)6)23-33(35)43-34-24-29(42(7,8)9)18-22-37(34)46-38-26-32(25-36(44)39(38)43)45-31-13-11-10-12-14-31/h10-26H,1-9H3. The van der Waals surface area contributed by atoms with Crippen molar-refractivity contribution in [1.29, 1.82) is 0 Å². The number of anilines is 3. The van der Waals surface area contributed by atoms with Crippen LogP contribution in [0, 0.1) is 0 Å². The van der Waals surface area contributed by atoms with E-state index < -0.39 is 0 Å². The first-order chi connectivity index (χ1) is 21.7. The fraction of sp³-hybridized carbons (Fsp3) is 0.286. The molecule has 4 heteroatoms. The Kier molecular flexibility index (Phi) is 6.94. The van der Waals surface area contributed by atoms with Gasteiger partial charge in [-0.2, -0.15) is 0 Å². The molecule has 2 heterocycles. The van der Waals surface area contributed by atoms with Crippen LogP contribution in [0.15, 0.2) is 103 Å². The Hall–Kier alpha value is -4.44. The van der Waals surface area contributed by atoms with Crippen molar-refractivity contribution < 1.29 is 9.47 Å². The van der Waals surface area contributed by atoms with E-state index in [4.69, 9.17) is 9.47 Å². The summed E-state index contributed by atoms with van der Waals surface area (Å²) in [6.45, 7) is 20.5. The Balaban J connectivity index is 1.51. The van der Waals surface area contributed by atoms with Gasteiger partial charge in [0.15, 0.2) is 0 Å². The van der Waals surface area contributed by atoms with Crippen LogP contribution in [0.3, 0.4) is 0 Å². The fourth-order valence-electron chi connectivity index (χ4n) is 6.74. The van der Waals surface area contributed by atoms with Crippen LogP contribution >= 0.6 is 0 Å². The molecule has 0 radical (unpaired) electrons. The molecule has 3 nitrogen and oxygen atoms in total. The summed E-state index contributed by atoms with van der Waals surface area (Å²) in [5.74, 6) is 3.29. The van der Waals surface area contributed by atoms with Crippen molar-refractivity contribution in [1.82, 2.24) is 0 Å². The minimum absolute atomic E-state index is 0.00591. The second-order valence-corrected chi connectivity index (χ2v) is 16.0. The van der Waals surface area contributed by atoms with Crippen molar-refractivity contribution in [2.45, 2.75) is 78.6 Å². The predicted molar refractivity (Wildman–Crippen MR) is 195 cm³/mol. The van der Waals surface area contributed by atoms with Gasteiger partial charge in [-0.05, 0) is 85.7 Å². The van der Waals surface area contributed by atoms with E-state index in [1.54, 1.807) is 0 Å². The molecule has 0 amide bonds. The normalized spacial score (nSPS) is 13.8. The van der Waals surface area contributed by atoms with Crippen LogP contribution in [0.25, 0.3) is 0 Å². The molecule has 0 spiro atoms. The zero-order valence-electron chi connectivity index (χ0n) is 28.7. The van der Waals surface area contributed by atoms with Gasteiger partial charge in [0.2, 0.25) is 0 Å². The quantitative estimate of drug-likeness (QED) is 0.187. The van der Waals surface area contributed by atoms with Gasteiger partial charge in [-0.15, -0.1) is 0 Å². The predicted octanol–water partition coefficient (Wildman–Crippen LogP) is 9.78. The second kappa shape index (κ2) is 10.6. The van der Waals surface area contributed by atoms with Crippen molar-refractivity contribution in [3.8, 4) is 23.0 Å². The van der Waals surface area contributed by atoms with E-state index in [0.717, 1.165) is 34.4 Å². The van der Waals surface area contributed by atoms with E-state index in [2.05, 4.69) is 140 Å².